The molecule has 0 radical (unpaired) electrons. The summed E-state index contributed by atoms with van der Waals surface area (Å²) in [7, 11) is 0. The molecule has 11 rings (SSSR count). The van der Waals surface area contributed by atoms with Gasteiger partial charge in [0.1, 0.15) is 23.5 Å². The second kappa shape index (κ2) is 11.1. The molecule has 4 heterocycles. The lowest BCUT2D eigenvalue weighted by Crippen LogP contribution is -2.39. The first-order valence-electron chi connectivity index (χ1n) is 17.3. The number of benzene rings is 6. The van der Waals surface area contributed by atoms with Crippen LogP contribution in [0.3, 0.4) is 0 Å². The quantitative estimate of drug-likeness (QED) is 0.202. The normalized spacial score (nSPS) is 19.4. The summed E-state index contributed by atoms with van der Waals surface area (Å²) in [4.78, 5) is 10.3. The van der Waals surface area contributed by atoms with Crippen molar-refractivity contribution < 1.29 is 4.74 Å². The van der Waals surface area contributed by atoms with E-state index in [1.165, 1.54) is 42.0 Å². The van der Waals surface area contributed by atoms with Gasteiger partial charge in [-0.05, 0) is 35.9 Å². The molecule has 0 saturated heterocycles. The Labute approximate surface area is 298 Å². The molecule has 1 N–H and O–H groups in total. The van der Waals surface area contributed by atoms with E-state index in [4.69, 9.17) is 14.7 Å². The summed E-state index contributed by atoms with van der Waals surface area (Å²) in [5.41, 5.74) is 7.82. The third-order valence-electron chi connectivity index (χ3n) is 10.4. The molecule has 6 aromatic carbocycles. The van der Waals surface area contributed by atoms with Gasteiger partial charge in [0.2, 0.25) is 0 Å². The molecule has 3 aliphatic rings. The molecule has 0 amide bonds. The summed E-state index contributed by atoms with van der Waals surface area (Å²) in [6, 6.07) is 49.4. The van der Waals surface area contributed by atoms with Crippen LogP contribution in [0.15, 0.2) is 173 Å². The molecular formula is C45H30N4OS. The predicted octanol–water partition coefficient (Wildman–Crippen LogP) is 10.6. The van der Waals surface area contributed by atoms with Crippen molar-refractivity contribution in [3.05, 3.63) is 180 Å². The highest BCUT2D eigenvalue weighted by Crippen LogP contribution is 2.48. The molecule has 2 aliphatic heterocycles. The fourth-order valence-corrected chi connectivity index (χ4v) is 9.39. The van der Waals surface area contributed by atoms with E-state index in [9.17, 15) is 0 Å². The number of amidine groups is 2. The summed E-state index contributed by atoms with van der Waals surface area (Å²) < 4.78 is 11.8. The Balaban J connectivity index is 1.02. The van der Waals surface area contributed by atoms with E-state index in [-0.39, 0.29) is 18.2 Å². The van der Waals surface area contributed by atoms with Gasteiger partial charge in [0.05, 0.1) is 17.0 Å². The van der Waals surface area contributed by atoms with Gasteiger partial charge in [-0.2, -0.15) is 0 Å². The maximum Gasteiger partial charge on any atom is 0.169 e. The Kier molecular flexibility index (Phi) is 6.24. The summed E-state index contributed by atoms with van der Waals surface area (Å²) in [6.45, 7) is 0. The zero-order valence-electron chi connectivity index (χ0n) is 27.4. The Bertz CT molecular complexity index is 2820. The first kappa shape index (κ1) is 28.6. The Morgan fingerprint density at radius 1 is 0.667 bits per heavy atom. The van der Waals surface area contributed by atoms with Gasteiger partial charge in [-0.15, -0.1) is 11.3 Å². The highest BCUT2D eigenvalue weighted by Gasteiger charge is 2.40. The molecule has 0 fully saturated rings. The fraction of sp³-hybridized carbons (Fsp3) is 0.0667. The summed E-state index contributed by atoms with van der Waals surface area (Å²) in [6.07, 6.45) is 5.96. The molecule has 8 aromatic rings. The van der Waals surface area contributed by atoms with Crippen LogP contribution in [0.5, 0.6) is 5.75 Å². The van der Waals surface area contributed by atoms with Gasteiger partial charge >= 0.3 is 0 Å². The summed E-state index contributed by atoms with van der Waals surface area (Å²) in [5.74, 6) is 2.54. The number of rotatable bonds is 4. The molecule has 3 atom stereocenters. The minimum atomic E-state index is -0.352. The minimum absolute atomic E-state index is 0.00632. The Morgan fingerprint density at radius 2 is 1.43 bits per heavy atom. The molecular weight excluding hydrogens is 645 g/mol. The highest BCUT2D eigenvalue weighted by atomic mass is 32.1. The van der Waals surface area contributed by atoms with Crippen LogP contribution in [0, 0.1) is 0 Å². The number of fused-ring (bicyclic) bond motifs is 10. The van der Waals surface area contributed by atoms with Crippen LogP contribution in [0.1, 0.15) is 28.8 Å². The van der Waals surface area contributed by atoms with Crippen molar-refractivity contribution in [3.8, 4) is 11.4 Å². The second-order valence-electron chi connectivity index (χ2n) is 13.3. The van der Waals surface area contributed by atoms with Crippen molar-refractivity contribution in [1.82, 2.24) is 9.88 Å². The zero-order valence-corrected chi connectivity index (χ0v) is 28.2. The molecule has 1 aliphatic carbocycles. The van der Waals surface area contributed by atoms with Gasteiger partial charge in [0.15, 0.2) is 6.17 Å². The van der Waals surface area contributed by atoms with E-state index in [0.29, 0.717) is 0 Å². The van der Waals surface area contributed by atoms with Gasteiger partial charge in [-0.1, -0.05) is 121 Å². The summed E-state index contributed by atoms with van der Waals surface area (Å²) >= 11 is 1.88. The Morgan fingerprint density at radius 3 is 2.31 bits per heavy atom. The van der Waals surface area contributed by atoms with E-state index in [1.807, 2.05) is 47.7 Å². The summed E-state index contributed by atoms with van der Waals surface area (Å²) in [5, 5.41) is 8.81. The lowest BCUT2D eigenvalue weighted by molar-refractivity contribution is 0.266. The lowest BCUT2D eigenvalue weighted by Gasteiger charge is -2.28. The average molecular weight is 675 g/mol. The van der Waals surface area contributed by atoms with Crippen LogP contribution < -0.4 is 10.1 Å². The Hall–Kier alpha value is -6.24. The predicted molar refractivity (Wildman–Crippen MR) is 211 cm³/mol. The number of aliphatic imine (C=N–C) groups is 2. The molecule has 2 aromatic heterocycles. The number of hydrogen-bond acceptors (Lipinski definition) is 5. The minimum Gasteiger partial charge on any atom is -0.485 e. The van der Waals surface area contributed by atoms with E-state index >= 15 is 0 Å². The first-order chi connectivity index (χ1) is 25.3. The van der Waals surface area contributed by atoms with E-state index in [1.54, 1.807) is 0 Å². The maximum atomic E-state index is 6.78. The van der Waals surface area contributed by atoms with Crippen molar-refractivity contribution >= 4 is 65.0 Å². The number of thiophene rings is 1. The second-order valence-corrected chi connectivity index (χ2v) is 14.4. The van der Waals surface area contributed by atoms with Gasteiger partial charge < -0.3 is 14.6 Å². The number of aromatic nitrogens is 1. The van der Waals surface area contributed by atoms with Crippen molar-refractivity contribution in [2.24, 2.45) is 9.98 Å². The monoisotopic (exact) mass is 674 g/mol. The highest BCUT2D eigenvalue weighted by molar-refractivity contribution is 7.26. The molecule has 6 heteroatoms. The third-order valence-corrected chi connectivity index (χ3v) is 11.6. The number of nitrogens with one attached hydrogen (secondary N) is 1. The molecule has 0 saturated carbocycles. The van der Waals surface area contributed by atoms with Crippen LogP contribution in [0.2, 0.25) is 0 Å². The largest absolute Gasteiger partial charge is 0.485 e. The number of para-hydroxylation sites is 1. The number of nitrogens with zero attached hydrogens (tertiary/aromatic N) is 3. The van der Waals surface area contributed by atoms with Crippen LogP contribution in [-0.4, -0.2) is 22.3 Å². The SMILES string of the molecule is C1=CC2Oc3cc(-n4c5ccccc5c5c6sc7ccccc7c6ccc54)ccc3C2C(C2=NC(c3ccccc3)N=C(c3ccccc3)N2)=C1. The molecule has 3 unspecified atom stereocenters. The van der Waals surface area contributed by atoms with Crippen LogP contribution in [0.25, 0.3) is 47.7 Å². The molecule has 0 bridgehead atoms. The average Bonchev–Trinajstić information content (AvgIpc) is 3.87. The molecule has 0 spiro atoms. The van der Waals surface area contributed by atoms with E-state index in [0.717, 1.165) is 45.4 Å². The lowest BCUT2D eigenvalue weighted by atomic mass is 9.83. The van der Waals surface area contributed by atoms with Crippen molar-refractivity contribution in [2.75, 3.05) is 0 Å². The van der Waals surface area contributed by atoms with Crippen LogP contribution >= 0.6 is 11.3 Å². The van der Waals surface area contributed by atoms with Crippen molar-refractivity contribution in [2.45, 2.75) is 18.2 Å². The van der Waals surface area contributed by atoms with Gasteiger partial charge in [-0.25, -0.2) is 9.98 Å². The van der Waals surface area contributed by atoms with Crippen LogP contribution in [-0.2, 0) is 0 Å². The first-order valence-corrected chi connectivity index (χ1v) is 18.2. The number of ether oxygens (including phenoxy) is 1. The van der Waals surface area contributed by atoms with E-state index in [2.05, 4.69) is 131 Å². The van der Waals surface area contributed by atoms with Gasteiger partial charge in [-0.3, -0.25) is 0 Å². The maximum absolute atomic E-state index is 6.78. The number of hydrogen-bond donors (Lipinski definition) is 1. The smallest absolute Gasteiger partial charge is 0.169 e. The third kappa shape index (κ3) is 4.40. The van der Waals surface area contributed by atoms with Crippen LogP contribution in [0.4, 0.5) is 0 Å². The van der Waals surface area contributed by atoms with Crippen molar-refractivity contribution in [3.63, 3.8) is 0 Å². The number of allylic oxidation sites excluding steroid dienone is 2. The zero-order chi connectivity index (χ0) is 33.5. The van der Waals surface area contributed by atoms with E-state index < -0.39 is 0 Å². The van der Waals surface area contributed by atoms with Gasteiger partial charge in [0.25, 0.3) is 0 Å². The fourth-order valence-electron chi connectivity index (χ4n) is 8.13. The molecule has 5 nitrogen and oxygen atoms in total. The van der Waals surface area contributed by atoms with Crippen molar-refractivity contribution in [1.29, 1.82) is 0 Å². The molecule has 51 heavy (non-hydrogen) atoms. The van der Waals surface area contributed by atoms with Gasteiger partial charge in [0, 0.05) is 59.4 Å². The standard InChI is InChI=1S/C45H30N4OS/c1-3-12-27(13-4-1)43-46-44(28-14-5-2-6-15-28)48-45(47-43)34-18-11-20-37-40(34)33-23-22-29(26-38(33)50-37)49-35-19-9-7-17-32(35)41-36(49)25-24-31-30-16-8-10-21-39(30)51-42(31)41/h1-26,37,40,43H,(H,46,47,48). The topological polar surface area (TPSA) is 50.9 Å². The molecule has 242 valence electrons.